The molecule has 0 saturated carbocycles. The number of rotatable bonds is 9. The summed E-state index contributed by atoms with van der Waals surface area (Å²) in [5.74, 6) is -2.37. The van der Waals surface area contributed by atoms with Gasteiger partial charge in [-0.3, -0.25) is 9.59 Å². The fourth-order valence-corrected chi connectivity index (χ4v) is 3.30. The molecule has 0 bridgehead atoms. The molecule has 0 aromatic carbocycles. The maximum absolute atomic E-state index is 11.7. The molecule has 0 aliphatic carbocycles. The Kier molecular flexibility index (Phi) is 6.36. The zero-order valence-corrected chi connectivity index (χ0v) is 12.0. The molecule has 4 heteroatoms. The minimum atomic E-state index is -1.65. The first-order chi connectivity index (χ1) is 8.38. The third kappa shape index (κ3) is 2.52. The molecule has 0 aliphatic rings. The Morgan fingerprint density at radius 1 is 0.833 bits per heavy atom. The molecule has 106 valence electrons. The summed E-state index contributed by atoms with van der Waals surface area (Å²) in [4.78, 5) is 23.4. The van der Waals surface area contributed by atoms with Crippen LogP contribution in [0.4, 0.5) is 0 Å². The highest BCUT2D eigenvalue weighted by Gasteiger charge is 2.59. The van der Waals surface area contributed by atoms with Crippen LogP contribution in [0, 0.1) is 10.8 Å². The van der Waals surface area contributed by atoms with Crippen LogP contribution in [0.2, 0.25) is 0 Å². The van der Waals surface area contributed by atoms with Gasteiger partial charge in [0.05, 0.1) is 0 Å². The van der Waals surface area contributed by atoms with Gasteiger partial charge in [-0.2, -0.15) is 0 Å². The standard InChI is InChI=1S/C14H26O4/c1-5-9-13(7-3,8-4)14(10-6-2,11(15)16)12(17)18/h5-10H2,1-4H3,(H,15,16)(H,17,18). The predicted molar refractivity (Wildman–Crippen MR) is 70.5 cm³/mol. The molecule has 0 saturated heterocycles. The fourth-order valence-electron chi connectivity index (χ4n) is 3.30. The van der Waals surface area contributed by atoms with Crippen LogP contribution >= 0.6 is 0 Å². The summed E-state index contributed by atoms with van der Waals surface area (Å²) in [5, 5.41) is 19.1. The second-order valence-electron chi connectivity index (χ2n) is 5.00. The van der Waals surface area contributed by atoms with E-state index in [4.69, 9.17) is 0 Å². The van der Waals surface area contributed by atoms with Gasteiger partial charge < -0.3 is 10.2 Å². The lowest BCUT2D eigenvalue weighted by Gasteiger charge is -2.44. The Balaban J connectivity index is 5.90. The monoisotopic (exact) mass is 258 g/mol. The molecule has 0 aromatic heterocycles. The van der Waals surface area contributed by atoms with Gasteiger partial charge in [-0.1, -0.05) is 40.5 Å². The Bertz CT molecular complexity index is 278. The van der Waals surface area contributed by atoms with Crippen LogP contribution in [0.25, 0.3) is 0 Å². The molecule has 0 rings (SSSR count). The minimum Gasteiger partial charge on any atom is -0.480 e. The van der Waals surface area contributed by atoms with Gasteiger partial charge >= 0.3 is 11.9 Å². The van der Waals surface area contributed by atoms with Crippen molar-refractivity contribution in [2.24, 2.45) is 10.8 Å². The highest BCUT2D eigenvalue weighted by molar-refractivity contribution is 5.99. The number of carboxylic acid groups (broad SMARTS) is 2. The zero-order chi connectivity index (χ0) is 14.4. The molecule has 0 fully saturated rings. The van der Waals surface area contributed by atoms with Crippen LogP contribution in [0.15, 0.2) is 0 Å². The van der Waals surface area contributed by atoms with Gasteiger partial charge in [-0.05, 0) is 31.1 Å². The average molecular weight is 258 g/mol. The summed E-state index contributed by atoms with van der Waals surface area (Å²) in [7, 11) is 0. The first kappa shape index (κ1) is 16.9. The highest BCUT2D eigenvalue weighted by Crippen LogP contribution is 2.51. The summed E-state index contributed by atoms with van der Waals surface area (Å²) in [6, 6.07) is 0. The van der Waals surface area contributed by atoms with Crippen molar-refractivity contribution in [3.8, 4) is 0 Å². The molecule has 4 nitrogen and oxygen atoms in total. The Labute approximate surface area is 109 Å². The summed E-state index contributed by atoms with van der Waals surface area (Å²) in [6.07, 6.45) is 3.35. The van der Waals surface area contributed by atoms with E-state index in [-0.39, 0.29) is 6.42 Å². The number of hydrogen-bond donors (Lipinski definition) is 2. The van der Waals surface area contributed by atoms with Crippen molar-refractivity contribution in [2.45, 2.75) is 66.2 Å². The topological polar surface area (TPSA) is 74.6 Å². The maximum Gasteiger partial charge on any atom is 0.321 e. The van der Waals surface area contributed by atoms with E-state index < -0.39 is 22.8 Å². The first-order valence-corrected chi connectivity index (χ1v) is 6.85. The number of carbonyl (C=O) groups is 2. The average Bonchev–Trinajstić information content (AvgIpc) is 2.32. The van der Waals surface area contributed by atoms with Gasteiger partial charge in [0, 0.05) is 0 Å². The normalized spacial score (nSPS) is 12.4. The quantitative estimate of drug-likeness (QED) is 0.620. The minimum absolute atomic E-state index is 0.194. The van der Waals surface area contributed by atoms with Crippen LogP contribution in [0.3, 0.4) is 0 Å². The van der Waals surface area contributed by atoms with Crippen molar-refractivity contribution in [3.63, 3.8) is 0 Å². The number of carboxylic acids is 2. The lowest BCUT2D eigenvalue weighted by Crippen LogP contribution is -2.53. The zero-order valence-electron chi connectivity index (χ0n) is 12.0. The second kappa shape index (κ2) is 6.76. The van der Waals surface area contributed by atoms with Gasteiger partial charge in [0.1, 0.15) is 0 Å². The van der Waals surface area contributed by atoms with E-state index in [0.29, 0.717) is 25.7 Å². The van der Waals surface area contributed by atoms with Crippen LogP contribution in [0.1, 0.15) is 66.2 Å². The fraction of sp³-hybridized carbons (Fsp3) is 0.857. The van der Waals surface area contributed by atoms with Crippen molar-refractivity contribution < 1.29 is 19.8 Å². The number of aliphatic carboxylic acids is 2. The van der Waals surface area contributed by atoms with Crippen LogP contribution in [-0.4, -0.2) is 22.2 Å². The predicted octanol–water partition coefficient (Wildman–Crippen LogP) is 3.55. The second-order valence-corrected chi connectivity index (χ2v) is 5.00. The lowest BCUT2D eigenvalue weighted by atomic mass is 9.56. The van der Waals surface area contributed by atoms with E-state index in [1.807, 2.05) is 27.7 Å². The largest absolute Gasteiger partial charge is 0.480 e. The molecule has 18 heavy (non-hydrogen) atoms. The van der Waals surface area contributed by atoms with E-state index in [1.165, 1.54) is 0 Å². The highest BCUT2D eigenvalue weighted by atomic mass is 16.4. The first-order valence-electron chi connectivity index (χ1n) is 6.85. The molecule has 0 atom stereocenters. The van der Waals surface area contributed by atoms with Crippen molar-refractivity contribution in [3.05, 3.63) is 0 Å². The molecule has 0 amide bonds. The molecule has 2 N–H and O–H groups in total. The maximum atomic E-state index is 11.7. The molecule has 0 aromatic rings. The molecular formula is C14H26O4. The van der Waals surface area contributed by atoms with E-state index in [9.17, 15) is 19.8 Å². The third-order valence-electron chi connectivity index (χ3n) is 4.34. The van der Waals surface area contributed by atoms with Crippen LogP contribution in [-0.2, 0) is 9.59 Å². The van der Waals surface area contributed by atoms with E-state index in [1.54, 1.807) is 0 Å². The third-order valence-corrected chi connectivity index (χ3v) is 4.34. The van der Waals surface area contributed by atoms with Gasteiger partial charge in [0.15, 0.2) is 5.41 Å². The van der Waals surface area contributed by atoms with E-state index >= 15 is 0 Å². The van der Waals surface area contributed by atoms with Crippen molar-refractivity contribution >= 4 is 11.9 Å². The molecule has 0 radical (unpaired) electrons. The summed E-state index contributed by atoms with van der Waals surface area (Å²) < 4.78 is 0. The van der Waals surface area contributed by atoms with Crippen molar-refractivity contribution in [1.29, 1.82) is 0 Å². The van der Waals surface area contributed by atoms with Gasteiger partial charge in [-0.15, -0.1) is 0 Å². The summed E-state index contributed by atoms with van der Waals surface area (Å²) in [5.41, 5.74) is -2.31. The van der Waals surface area contributed by atoms with Gasteiger partial charge in [-0.25, -0.2) is 0 Å². The molecule has 0 heterocycles. The Hall–Kier alpha value is -1.06. The van der Waals surface area contributed by atoms with E-state index in [0.717, 1.165) is 6.42 Å². The Morgan fingerprint density at radius 3 is 1.44 bits per heavy atom. The summed E-state index contributed by atoms with van der Waals surface area (Å²) >= 11 is 0. The smallest absolute Gasteiger partial charge is 0.321 e. The molecule has 0 aliphatic heterocycles. The lowest BCUT2D eigenvalue weighted by molar-refractivity contribution is -0.179. The Morgan fingerprint density at radius 2 is 1.22 bits per heavy atom. The number of hydrogen-bond acceptors (Lipinski definition) is 2. The SMILES string of the molecule is CCCC(CC)(CC)C(CCC)(C(=O)O)C(=O)O. The van der Waals surface area contributed by atoms with Crippen LogP contribution < -0.4 is 0 Å². The van der Waals surface area contributed by atoms with E-state index in [2.05, 4.69) is 0 Å². The van der Waals surface area contributed by atoms with Crippen molar-refractivity contribution in [1.82, 2.24) is 0 Å². The summed E-state index contributed by atoms with van der Waals surface area (Å²) in [6.45, 7) is 7.61. The van der Waals surface area contributed by atoms with Gasteiger partial charge in [0.25, 0.3) is 0 Å². The molecule has 0 unspecified atom stereocenters. The van der Waals surface area contributed by atoms with Crippen molar-refractivity contribution in [2.75, 3.05) is 0 Å². The molecular weight excluding hydrogens is 232 g/mol. The molecule has 0 spiro atoms. The van der Waals surface area contributed by atoms with Gasteiger partial charge in [0.2, 0.25) is 0 Å². The van der Waals surface area contributed by atoms with Crippen LogP contribution in [0.5, 0.6) is 0 Å².